The number of aliphatic hydroxyl groups excluding tert-OH is 1. The average Bonchev–Trinajstić information content (AvgIpc) is 2.45. The lowest BCUT2D eigenvalue weighted by atomic mass is 10.2. The summed E-state index contributed by atoms with van der Waals surface area (Å²) in [4.78, 5) is 10.0. The van der Waals surface area contributed by atoms with E-state index < -0.39 is 5.97 Å². The van der Waals surface area contributed by atoms with E-state index in [-0.39, 0.29) is 24.9 Å². The normalized spacial score (nSPS) is 32.1. The summed E-state index contributed by atoms with van der Waals surface area (Å²) in [5.41, 5.74) is 0. The zero-order valence-corrected chi connectivity index (χ0v) is 5.08. The molecule has 1 saturated carbocycles. The molecule has 1 rings (SSSR count). The van der Waals surface area contributed by atoms with Crippen molar-refractivity contribution in [2.24, 2.45) is 11.8 Å². The number of hydrogen-bond donors (Lipinski definition) is 2. The first kappa shape index (κ1) is 6.55. The van der Waals surface area contributed by atoms with Gasteiger partial charge in [-0.2, -0.15) is 0 Å². The van der Waals surface area contributed by atoms with Crippen LogP contribution in [0.3, 0.4) is 0 Å². The van der Waals surface area contributed by atoms with Crippen LogP contribution in [0.5, 0.6) is 0 Å². The van der Waals surface area contributed by atoms with Crippen LogP contribution in [0.15, 0.2) is 0 Å². The third-order valence-corrected chi connectivity index (χ3v) is 1.74. The summed E-state index contributed by atoms with van der Waals surface area (Å²) in [6.45, 7) is 0.151. The standard InChI is InChI=1S/C6H10O3/c7-3-5-1-4(5)2-6(8)9/h4-5,7H,1-3H2,(H,8,9)/t4-,5-/m1/s1. The van der Waals surface area contributed by atoms with Crippen LogP contribution < -0.4 is 0 Å². The van der Waals surface area contributed by atoms with Crippen molar-refractivity contribution in [2.45, 2.75) is 12.8 Å². The van der Waals surface area contributed by atoms with E-state index in [1.54, 1.807) is 0 Å². The molecular formula is C6H10O3. The molecule has 0 aromatic carbocycles. The van der Waals surface area contributed by atoms with Crippen LogP contribution in [-0.4, -0.2) is 22.8 Å². The van der Waals surface area contributed by atoms with Gasteiger partial charge in [0, 0.05) is 13.0 Å². The predicted molar refractivity (Wildman–Crippen MR) is 30.9 cm³/mol. The molecule has 2 atom stereocenters. The summed E-state index contributed by atoms with van der Waals surface area (Å²) in [6.07, 6.45) is 1.12. The molecule has 3 nitrogen and oxygen atoms in total. The lowest BCUT2D eigenvalue weighted by Gasteiger charge is -1.88. The van der Waals surface area contributed by atoms with Gasteiger partial charge in [-0.25, -0.2) is 0 Å². The Morgan fingerprint density at radius 1 is 1.56 bits per heavy atom. The van der Waals surface area contributed by atoms with E-state index in [1.807, 2.05) is 0 Å². The maximum atomic E-state index is 10.0. The van der Waals surface area contributed by atoms with Crippen molar-refractivity contribution >= 4 is 5.97 Å². The van der Waals surface area contributed by atoms with E-state index >= 15 is 0 Å². The Morgan fingerprint density at radius 2 is 2.22 bits per heavy atom. The highest BCUT2D eigenvalue weighted by molar-refractivity contribution is 5.67. The molecule has 9 heavy (non-hydrogen) atoms. The van der Waals surface area contributed by atoms with Gasteiger partial charge in [0.2, 0.25) is 0 Å². The van der Waals surface area contributed by atoms with Gasteiger partial charge < -0.3 is 10.2 Å². The van der Waals surface area contributed by atoms with E-state index in [4.69, 9.17) is 10.2 Å². The third kappa shape index (κ3) is 1.68. The number of carbonyl (C=O) groups is 1. The number of rotatable bonds is 3. The molecule has 0 saturated heterocycles. The number of aliphatic hydroxyl groups is 1. The van der Waals surface area contributed by atoms with E-state index in [0.29, 0.717) is 0 Å². The lowest BCUT2D eigenvalue weighted by Crippen LogP contribution is -1.98. The summed E-state index contributed by atoms with van der Waals surface area (Å²) in [7, 11) is 0. The minimum absolute atomic E-state index is 0.151. The Balaban J connectivity index is 2.12. The molecule has 0 heterocycles. The lowest BCUT2D eigenvalue weighted by molar-refractivity contribution is -0.137. The van der Waals surface area contributed by atoms with Gasteiger partial charge in [0.25, 0.3) is 0 Å². The van der Waals surface area contributed by atoms with Gasteiger partial charge in [-0.15, -0.1) is 0 Å². The van der Waals surface area contributed by atoms with Crippen molar-refractivity contribution in [1.29, 1.82) is 0 Å². The zero-order chi connectivity index (χ0) is 6.85. The molecule has 0 aromatic heterocycles. The molecule has 1 aliphatic rings. The number of aliphatic carboxylic acids is 1. The summed E-state index contributed by atoms with van der Waals surface area (Å²) in [6, 6.07) is 0. The van der Waals surface area contributed by atoms with Crippen molar-refractivity contribution in [2.75, 3.05) is 6.61 Å². The van der Waals surface area contributed by atoms with Crippen molar-refractivity contribution in [3.05, 3.63) is 0 Å². The van der Waals surface area contributed by atoms with Gasteiger partial charge in [0.15, 0.2) is 0 Å². The largest absolute Gasteiger partial charge is 0.481 e. The molecule has 0 aromatic rings. The van der Waals surface area contributed by atoms with E-state index in [9.17, 15) is 4.79 Å². The summed E-state index contributed by atoms with van der Waals surface area (Å²) in [5, 5.41) is 16.8. The first-order valence-electron chi connectivity index (χ1n) is 3.06. The summed E-state index contributed by atoms with van der Waals surface area (Å²) < 4.78 is 0. The fourth-order valence-electron chi connectivity index (χ4n) is 1.01. The van der Waals surface area contributed by atoms with Crippen molar-refractivity contribution in [1.82, 2.24) is 0 Å². The van der Waals surface area contributed by atoms with Gasteiger partial charge in [0.1, 0.15) is 0 Å². The molecule has 0 amide bonds. The minimum Gasteiger partial charge on any atom is -0.481 e. The molecule has 52 valence electrons. The molecule has 2 N–H and O–H groups in total. The second-order valence-corrected chi connectivity index (χ2v) is 2.54. The van der Waals surface area contributed by atoms with Gasteiger partial charge in [0.05, 0.1) is 0 Å². The summed E-state index contributed by atoms with van der Waals surface area (Å²) in [5.74, 6) is -0.218. The highest BCUT2D eigenvalue weighted by Crippen LogP contribution is 2.40. The Labute approximate surface area is 53.3 Å². The van der Waals surface area contributed by atoms with Gasteiger partial charge in [-0.05, 0) is 18.3 Å². The molecule has 0 radical (unpaired) electrons. The quantitative estimate of drug-likeness (QED) is 0.569. The van der Waals surface area contributed by atoms with E-state index in [2.05, 4.69) is 0 Å². The van der Waals surface area contributed by atoms with E-state index in [1.165, 1.54) is 0 Å². The molecule has 1 fully saturated rings. The Bertz CT molecular complexity index is 121. The van der Waals surface area contributed by atoms with Crippen LogP contribution in [0.4, 0.5) is 0 Å². The van der Waals surface area contributed by atoms with Crippen LogP contribution in [0.2, 0.25) is 0 Å². The molecule has 0 unspecified atom stereocenters. The Hall–Kier alpha value is -0.570. The molecular weight excluding hydrogens is 120 g/mol. The topological polar surface area (TPSA) is 57.5 Å². The van der Waals surface area contributed by atoms with Crippen LogP contribution in [-0.2, 0) is 4.79 Å². The highest BCUT2D eigenvalue weighted by Gasteiger charge is 2.37. The SMILES string of the molecule is O=C(O)C[C@H]1C[C@@H]1CO. The van der Waals surface area contributed by atoms with Crippen molar-refractivity contribution < 1.29 is 15.0 Å². The second-order valence-electron chi connectivity index (χ2n) is 2.54. The predicted octanol–water partition coefficient (Wildman–Crippen LogP) is 0.0895. The number of carboxylic acid groups (broad SMARTS) is 1. The monoisotopic (exact) mass is 130 g/mol. The highest BCUT2D eigenvalue weighted by atomic mass is 16.4. The third-order valence-electron chi connectivity index (χ3n) is 1.74. The van der Waals surface area contributed by atoms with Crippen molar-refractivity contribution in [3.8, 4) is 0 Å². The molecule has 0 aliphatic heterocycles. The van der Waals surface area contributed by atoms with E-state index in [0.717, 1.165) is 6.42 Å². The summed E-state index contributed by atoms with van der Waals surface area (Å²) >= 11 is 0. The van der Waals surface area contributed by atoms with Crippen LogP contribution in [0, 0.1) is 11.8 Å². The molecule has 0 spiro atoms. The van der Waals surface area contributed by atoms with Crippen LogP contribution in [0.25, 0.3) is 0 Å². The molecule has 0 bridgehead atoms. The minimum atomic E-state index is -0.754. The molecule has 3 heteroatoms. The maximum Gasteiger partial charge on any atom is 0.303 e. The van der Waals surface area contributed by atoms with Crippen molar-refractivity contribution in [3.63, 3.8) is 0 Å². The molecule has 1 aliphatic carbocycles. The Morgan fingerprint density at radius 3 is 2.56 bits per heavy atom. The van der Waals surface area contributed by atoms with Gasteiger partial charge in [-0.1, -0.05) is 0 Å². The van der Waals surface area contributed by atoms with Crippen LogP contribution in [0.1, 0.15) is 12.8 Å². The first-order chi connectivity index (χ1) is 4.24. The van der Waals surface area contributed by atoms with Gasteiger partial charge >= 0.3 is 5.97 Å². The number of carboxylic acids is 1. The second kappa shape index (κ2) is 2.35. The zero-order valence-electron chi connectivity index (χ0n) is 5.08. The first-order valence-corrected chi connectivity index (χ1v) is 3.06. The fraction of sp³-hybridized carbons (Fsp3) is 0.833. The maximum absolute atomic E-state index is 10.0. The average molecular weight is 130 g/mol. The number of hydrogen-bond acceptors (Lipinski definition) is 2. The Kier molecular flexibility index (Phi) is 1.71. The fourth-order valence-corrected chi connectivity index (χ4v) is 1.01. The smallest absolute Gasteiger partial charge is 0.303 e. The van der Waals surface area contributed by atoms with Crippen LogP contribution >= 0.6 is 0 Å². The van der Waals surface area contributed by atoms with Gasteiger partial charge in [-0.3, -0.25) is 4.79 Å².